The summed E-state index contributed by atoms with van der Waals surface area (Å²) in [6.45, 7) is 1.97. The van der Waals surface area contributed by atoms with Crippen LogP contribution in [0.1, 0.15) is 30.4 Å². The summed E-state index contributed by atoms with van der Waals surface area (Å²) >= 11 is 3.51. The van der Waals surface area contributed by atoms with E-state index in [4.69, 9.17) is 10.5 Å². The van der Waals surface area contributed by atoms with Gasteiger partial charge in [0, 0.05) is 15.6 Å². The first-order valence-electron chi connectivity index (χ1n) is 5.35. The highest BCUT2D eigenvalue weighted by Crippen LogP contribution is 2.49. The lowest BCUT2D eigenvalue weighted by Gasteiger charge is -2.40. The second-order valence-electron chi connectivity index (χ2n) is 4.44. The van der Waals surface area contributed by atoms with E-state index in [0.717, 1.165) is 34.9 Å². The van der Waals surface area contributed by atoms with Crippen LogP contribution in [-0.2, 0) is 5.54 Å². The number of hydrogen-bond donors (Lipinski definition) is 2. The molecule has 0 bridgehead atoms. The zero-order valence-electron chi connectivity index (χ0n) is 9.51. The number of halogens is 1. The van der Waals surface area contributed by atoms with Gasteiger partial charge in [-0.2, -0.15) is 0 Å². The molecule has 0 heterocycles. The Morgan fingerprint density at radius 2 is 2.12 bits per heavy atom. The highest BCUT2D eigenvalue weighted by molar-refractivity contribution is 9.10. The Balaban J connectivity index is 2.62. The van der Waals surface area contributed by atoms with E-state index in [1.54, 1.807) is 7.11 Å². The molecule has 1 aliphatic carbocycles. The molecule has 1 aliphatic rings. The molecule has 3 nitrogen and oxygen atoms in total. The van der Waals surface area contributed by atoms with Crippen LogP contribution in [0.25, 0.3) is 0 Å². The molecule has 0 unspecified atom stereocenters. The molecule has 3 N–H and O–H groups in total. The first-order valence-corrected chi connectivity index (χ1v) is 6.14. The Morgan fingerprint density at radius 1 is 1.50 bits per heavy atom. The summed E-state index contributed by atoms with van der Waals surface area (Å²) in [4.78, 5) is 0. The van der Waals surface area contributed by atoms with E-state index in [9.17, 15) is 5.11 Å². The average Bonchev–Trinajstić information content (AvgIpc) is 2.21. The largest absolute Gasteiger partial charge is 0.504 e. The van der Waals surface area contributed by atoms with Gasteiger partial charge in [0.25, 0.3) is 0 Å². The minimum absolute atomic E-state index is 0.169. The van der Waals surface area contributed by atoms with E-state index in [2.05, 4.69) is 15.9 Å². The third-order valence-electron chi connectivity index (χ3n) is 3.35. The molecule has 1 aromatic carbocycles. The van der Waals surface area contributed by atoms with E-state index in [-0.39, 0.29) is 5.75 Å². The van der Waals surface area contributed by atoms with Crippen LogP contribution >= 0.6 is 15.9 Å². The molecular formula is C12H16BrNO2. The summed E-state index contributed by atoms with van der Waals surface area (Å²) in [6.07, 6.45) is 2.93. The van der Waals surface area contributed by atoms with Crippen molar-refractivity contribution < 1.29 is 9.84 Å². The lowest BCUT2D eigenvalue weighted by Crippen LogP contribution is -2.43. The van der Waals surface area contributed by atoms with Gasteiger partial charge >= 0.3 is 0 Å². The van der Waals surface area contributed by atoms with Crippen molar-refractivity contribution in [2.75, 3.05) is 7.11 Å². The molecule has 0 aliphatic heterocycles. The number of nitrogens with two attached hydrogens (primary N) is 1. The van der Waals surface area contributed by atoms with Crippen molar-refractivity contribution in [3.63, 3.8) is 0 Å². The minimum atomic E-state index is -0.401. The zero-order chi connectivity index (χ0) is 11.9. The maximum Gasteiger partial charge on any atom is 0.163 e. The van der Waals surface area contributed by atoms with E-state index < -0.39 is 5.54 Å². The minimum Gasteiger partial charge on any atom is -0.504 e. The van der Waals surface area contributed by atoms with Gasteiger partial charge in [-0.1, -0.05) is 15.9 Å². The van der Waals surface area contributed by atoms with Crippen molar-refractivity contribution in [2.45, 2.75) is 31.7 Å². The fourth-order valence-electron chi connectivity index (χ4n) is 2.17. The number of hydrogen-bond acceptors (Lipinski definition) is 3. The Bertz CT molecular complexity index is 428. The smallest absolute Gasteiger partial charge is 0.163 e. The van der Waals surface area contributed by atoms with E-state index in [0.29, 0.717) is 5.75 Å². The van der Waals surface area contributed by atoms with Gasteiger partial charge in [0.2, 0.25) is 0 Å². The number of ether oxygens (including phenoxy) is 1. The van der Waals surface area contributed by atoms with Crippen LogP contribution in [0, 0.1) is 6.92 Å². The fourth-order valence-corrected chi connectivity index (χ4v) is 2.87. The van der Waals surface area contributed by atoms with Gasteiger partial charge in [0.1, 0.15) is 0 Å². The topological polar surface area (TPSA) is 55.5 Å². The molecule has 0 atom stereocenters. The second kappa shape index (κ2) is 3.93. The molecule has 1 aromatic rings. The number of phenolic OH excluding ortho intramolecular Hbond substituents is 1. The number of aromatic hydroxyl groups is 1. The van der Waals surface area contributed by atoms with Gasteiger partial charge in [-0.15, -0.1) is 0 Å². The third kappa shape index (κ3) is 1.60. The number of methoxy groups -OCH3 is 1. The van der Waals surface area contributed by atoms with Gasteiger partial charge in [-0.05, 0) is 37.8 Å². The standard InChI is InChI=1S/C12H16BrNO2/c1-7-6-8(16-2)11(15)9(10(7)13)12(14)4-3-5-12/h6,15H,3-5,14H2,1-2H3. The van der Waals surface area contributed by atoms with Crippen molar-refractivity contribution in [2.24, 2.45) is 5.73 Å². The number of aryl methyl sites for hydroxylation is 1. The third-order valence-corrected chi connectivity index (χ3v) is 4.37. The van der Waals surface area contributed by atoms with E-state index >= 15 is 0 Å². The fraction of sp³-hybridized carbons (Fsp3) is 0.500. The zero-order valence-corrected chi connectivity index (χ0v) is 11.1. The first kappa shape index (κ1) is 11.7. The molecule has 0 amide bonds. The van der Waals surface area contributed by atoms with Crippen molar-refractivity contribution in [3.05, 3.63) is 21.7 Å². The summed E-state index contributed by atoms with van der Waals surface area (Å²) < 4.78 is 6.06. The normalized spacial score (nSPS) is 18.0. The van der Waals surface area contributed by atoms with Crippen LogP contribution in [-0.4, -0.2) is 12.2 Å². The summed E-state index contributed by atoms with van der Waals surface area (Å²) in [5.74, 6) is 0.662. The molecule has 2 rings (SSSR count). The van der Waals surface area contributed by atoms with Crippen LogP contribution in [0.2, 0.25) is 0 Å². The Labute approximate surface area is 104 Å². The number of benzene rings is 1. The van der Waals surface area contributed by atoms with Crippen LogP contribution in [0.5, 0.6) is 11.5 Å². The number of rotatable bonds is 2. The highest BCUT2D eigenvalue weighted by atomic mass is 79.9. The number of phenols is 1. The van der Waals surface area contributed by atoms with Crippen LogP contribution in [0.3, 0.4) is 0 Å². The van der Waals surface area contributed by atoms with E-state index in [1.807, 2.05) is 13.0 Å². The second-order valence-corrected chi connectivity index (χ2v) is 5.24. The molecule has 0 radical (unpaired) electrons. The van der Waals surface area contributed by atoms with Gasteiger partial charge in [-0.25, -0.2) is 0 Å². The molecule has 1 fully saturated rings. The molecular weight excluding hydrogens is 270 g/mol. The highest BCUT2D eigenvalue weighted by Gasteiger charge is 2.39. The molecule has 0 saturated heterocycles. The Kier molecular flexibility index (Phi) is 2.88. The van der Waals surface area contributed by atoms with Crippen LogP contribution in [0.15, 0.2) is 10.5 Å². The van der Waals surface area contributed by atoms with E-state index in [1.165, 1.54) is 0 Å². The molecule has 88 valence electrons. The summed E-state index contributed by atoms with van der Waals surface area (Å²) in [5.41, 5.74) is 7.69. The molecule has 1 saturated carbocycles. The molecule has 0 spiro atoms. The maximum absolute atomic E-state index is 10.2. The van der Waals surface area contributed by atoms with Crippen molar-refractivity contribution in [1.82, 2.24) is 0 Å². The summed E-state index contributed by atoms with van der Waals surface area (Å²) in [6, 6.07) is 1.81. The van der Waals surface area contributed by atoms with Gasteiger partial charge in [0.05, 0.1) is 7.11 Å². The SMILES string of the molecule is COc1cc(C)c(Br)c(C2(N)CCC2)c1O. The quantitative estimate of drug-likeness (QED) is 0.879. The predicted octanol–water partition coefficient (Wildman–Crippen LogP) is 2.81. The lowest BCUT2D eigenvalue weighted by atomic mass is 9.72. The van der Waals surface area contributed by atoms with Gasteiger partial charge in [0.15, 0.2) is 11.5 Å². The lowest BCUT2D eigenvalue weighted by molar-refractivity contribution is 0.241. The maximum atomic E-state index is 10.2. The van der Waals surface area contributed by atoms with Gasteiger partial charge in [-0.3, -0.25) is 0 Å². The van der Waals surface area contributed by atoms with Crippen molar-refractivity contribution in [3.8, 4) is 11.5 Å². The monoisotopic (exact) mass is 285 g/mol. The molecule has 0 aromatic heterocycles. The Morgan fingerprint density at radius 3 is 2.56 bits per heavy atom. The summed E-state index contributed by atoms with van der Waals surface area (Å²) in [7, 11) is 1.55. The molecule has 4 heteroatoms. The van der Waals surface area contributed by atoms with Crippen molar-refractivity contribution in [1.29, 1.82) is 0 Å². The van der Waals surface area contributed by atoms with Gasteiger partial charge < -0.3 is 15.6 Å². The first-order chi connectivity index (χ1) is 7.49. The van der Waals surface area contributed by atoms with Crippen LogP contribution < -0.4 is 10.5 Å². The molecule has 16 heavy (non-hydrogen) atoms. The van der Waals surface area contributed by atoms with Crippen LogP contribution in [0.4, 0.5) is 0 Å². The summed E-state index contributed by atoms with van der Waals surface area (Å²) in [5, 5.41) is 10.2. The predicted molar refractivity (Wildman–Crippen MR) is 66.8 cm³/mol. The average molecular weight is 286 g/mol. The Hall–Kier alpha value is -0.740. The van der Waals surface area contributed by atoms with Crippen molar-refractivity contribution >= 4 is 15.9 Å².